The third-order valence-corrected chi connectivity index (χ3v) is 4.64. The number of rotatable bonds is 6. The summed E-state index contributed by atoms with van der Waals surface area (Å²) in [5.74, 6) is 0.672. The highest BCUT2D eigenvalue weighted by atomic mass is 32.1. The minimum atomic E-state index is -0.0826. The van der Waals surface area contributed by atoms with E-state index in [1.54, 1.807) is 7.11 Å². The number of nitrogens with one attached hydrogen (secondary N) is 1. The number of methoxy groups -OCH3 is 1. The summed E-state index contributed by atoms with van der Waals surface area (Å²) in [6, 6.07) is 17.8. The van der Waals surface area contributed by atoms with Gasteiger partial charge >= 0.3 is 0 Å². The highest BCUT2D eigenvalue weighted by Gasteiger charge is 2.19. The standard InChI is InChI=1S/C19H19N3O2S/c1-13-21-22-19(25-13)20-18(23)12-17(14-6-4-3-5-7-14)15-8-10-16(24-2)11-9-15/h3-11,17H,12H2,1-2H3,(H,20,22,23). The molecule has 1 atom stereocenters. The van der Waals surface area contributed by atoms with E-state index in [2.05, 4.69) is 15.5 Å². The molecule has 1 unspecified atom stereocenters. The Morgan fingerprint density at radius 3 is 2.36 bits per heavy atom. The zero-order valence-electron chi connectivity index (χ0n) is 14.1. The zero-order chi connectivity index (χ0) is 17.6. The zero-order valence-corrected chi connectivity index (χ0v) is 14.9. The Hall–Kier alpha value is -2.73. The van der Waals surface area contributed by atoms with Crippen LogP contribution in [0.4, 0.5) is 5.13 Å². The molecule has 6 heteroatoms. The molecule has 128 valence electrons. The molecule has 0 saturated carbocycles. The normalized spacial score (nSPS) is 11.8. The minimum Gasteiger partial charge on any atom is -0.497 e. The molecule has 3 rings (SSSR count). The molecule has 0 aliphatic rings. The van der Waals surface area contributed by atoms with E-state index in [0.29, 0.717) is 11.6 Å². The molecule has 1 aromatic heterocycles. The number of ether oxygens (including phenoxy) is 1. The van der Waals surface area contributed by atoms with Crippen LogP contribution in [0.2, 0.25) is 0 Å². The van der Waals surface area contributed by atoms with Crippen molar-refractivity contribution >= 4 is 22.4 Å². The maximum absolute atomic E-state index is 12.5. The van der Waals surface area contributed by atoms with Crippen LogP contribution in [0.25, 0.3) is 0 Å². The molecule has 1 amide bonds. The first kappa shape index (κ1) is 17.1. The molecule has 5 nitrogen and oxygen atoms in total. The Kier molecular flexibility index (Phi) is 5.40. The lowest BCUT2D eigenvalue weighted by molar-refractivity contribution is -0.116. The van der Waals surface area contributed by atoms with Gasteiger partial charge in [-0.2, -0.15) is 0 Å². The van der Waals surface area contributed by atoms with Crippen LogP contribution >= 0.6 is 11.3 Å². The van der Waals surface area contributed by atoms with Crippen LogP contribution in [0.15, 0.2) is 54.6 Å². The summed E-state index contributed by atoms with van der Waals surface area (Å²) in [4.78, 5) is 12.5. The van der Waals surface area contributed by atoms with Gasteiger partial charge in [-0.25, -0.2) is 0 Å². The molecule has 3 aromatic rings. The SMILES string of the molecule is COc1ccc(C(CC(=O)Nc2nnc(C)s2)c2ccccc2)cc1. The van der Waals surface area contributed by atoms with Crippen LogP contribution in [0.5, 0.6) is 5.75 Å². The number of benzene rings is 2. The number of nitrogens with zero attached hydrogens (tertiary/aromatic N) is 2. The van der Waals surface area contributed by atoms with Gasteiger partial charge in [0.2, 0.25) is 11.0 Å². The first-order valence-electron chi connectivity index (χ1n) is 7.94. The number of anilines is 1. The van der Waals surface area contributed by atoms with Crippen molar-refractivity contribution in [1.29, 1.82) is 0 Å². The van der Waals surface area contributed by atoms with Gasteiger partial charge < -0.3 is 10.1 Å². The predicted octanol–water partition coefficient (Wildman–Crippen LogP) is 4.02. The Labute approximate surface area is 150 Å². The van der Waals surface area contributed by atoms with Crippen molar-refractivity contribution in [1.82, 2.24) is 10.2 Å². The lowest BCUT2D eigenvalue weighted by Gasteiger charge is -2.18. The molecule has 0 spiro atoms. The Bertz CT molecular complexity index is 831. The van der Waals surface area contributed by atoms with Gasteiger partial charge in [-0.15, -0.1) is 10.2 Å². The van der Waals surface area contributed by atoms with E-state index in [4.69, 9.17) is 4.74 Å². The van der Waals surface area contributed by atoms with Crippen molar-refractivity contribution in [3.05, 3.63) is 70.7 Å². The molecule has 1 heterocycles. The van der Waals surface area contributed by atoms with E-state index in [-0.39, 0.29) is 11.8 Å². The Morgan fingerprint density at radius 1 is 1.08 bits per heavy atom. The summed E-state index contributed by atoms with van der Waals surface area (Å²) in [5.41, 5.74) is 2.16. The average Bonchev–Trinajstić information content (AvgIpc) is 3.05. The van der Waals surface area contributed by atoms with Gasteiger partial charge in [-0.05, 0) is 30.2 Å². The van der Waals surface area contributed by atoms with Crippen LogP contribution in [0, 0.1) is 6.92 Å². The molecule has 0 aliphatic carbocycles. The number of amides is 1. The molecule has 0 fully saturated rings. The molecule has 1 N–H and O–H groups in total. The molecular weight excluding hydrogens is 334 g/mol. The molecule has 0 aliphatic heterocycles. The van der Waals surface area contributed by atoms with Gasteiger partial charge in [0, 0.05) is 12.3 Å². The van der Waals surface area contributed by atoms with Gasteiger partial charge in [0.15, 0.2) is 0 Å². The van der Waals surface area contributed by atoms with E-state index in [0.717, 1.165) is 21.9 Å². The van der Waals surface area contributed by atoms with E-state index in [1.165, 1.54) is 11.3 Å². The van der Waals surface area contributed by atoms with Gasteiger partial charge in [-0.1, -0.05) is 53.8 Å². The molecule has 0 radical (unpaired) electrons. The topological polar surface area (TPSA) is 64.1 Å². The second-order valence-corrected chi connectivity index (χ2v) is 6.80. The van der Waals surface area contributed by atoms with Crippen LogP contribution in [0.3, 0.4) is 0 Å². The second-order valence-electron chi connectivity index (χ2n) is 5.61. The molecule has 0 saturated heterocycles. The van der Waals surface area contributed by atoms with Crippen LogP contribution in [-0.2, 0) is 4.79 Å². The van der Waals surface area contributed by atoms with Crippen molar-refractivity contribution in [3.8, 4) is 5.75 Å². The van der Waals surface area contributed by atoms with Crippen LogP contribution in [-0.4, -0.2) is 23.2 Å². The smallest absolute Gasteiger partial charge is 0.227 e. The predicted molar refractivity (Wildman–Crippen MR) is 99.2 cm³/mol. The summed E-state index contributed by atoms with van der Waals surface area (Å²) in [5, 5.41) is 12.1. The van der Waals surface area contributed by atoms with E-state index in [1.807, 2.05) is 61.5 Å². The quantitative estimate of drug-likeness (QED) is 0.727. The van der Waals surface area contributed by atoms with Crippen molar-refractivity contribution in [2.75, 3.05) is 12.4 Å². The third kappa shape index (κ3) is 4.42. The number of carbonyl (C=O) groups excluding carboxylic acids is 1. The second kappa shape index (κ2) is 7.90. The van der Waals surface area contributed by atoms with Gasteiger partial charge in [0.05, 0.1) is 7.11 Å². The van der Waals surface area contributed by atoms with Crippen molar-refractivity contribution < 1.29 is 9.53 Å². The lowest BCUT2D eigenvalue weighted by Crippen LogP contribution is -2.16. The average molecular weight is 353 g/mol. The molecule has 0 bridgehead atoms. The van der Waals surface area contributed by atoms with Gasteiger partial charge in [-0.3, -0.25) is 4.79 Å². The number of hydrogen-bond acceptors (Lipinski definition) is 5. The fourth-order valence-electron chi connectivity index (χ4n) is 2.65. The fraction of sp³-hybridized carbons (Fsp3) is 0.211. The molecule has 25 heavy (non-hydrogen) atoms. The molecule has 2 aromatic carbocycles. The first-order chi connectivity index (χ1) is 12.2. The highest BCUT2D eigenvalue weighted by Crippen LogP contribution is 2.30. The Balaban J connectivity index is 1.82. The lowest BCUT2D eigenvalue weighted by atomic mass is 9.88. The number of aromatic nitrogens is 2. The summed E-state index contributed by atoms with van der Waals surface area (Å²) in [7, 11) is 1.64. The maximum Gasteiger partial charge on any atom is 0.227 e. The van der Waals surface area contributed by atoms with E-state index in [9.17, 15) is 4.79 Å². The van der Waals surface area contributed by atoms with E-state index < -0.39 is 0 Å². The monoisotopic (exact) mass is 353 g/mol. The minimum absolute atomic E-state index is 0.0406. The summed E-state index contributed by atoms with van der Waals surface area (Å²) >= 11 is 1.37. The van der Waals surface area contributed by atoms with Crippen molar-refractivity contribution in [2.45, 2.75) is 19.3 Å². The van der Waals surface area contributed by atoms with Crippen molar-refractivity contribution in [2.24, 2.45) is 0 Å². The fourth-order valence-corrected chi connectivity index (χ4v) is 3.26. The number of hydrogen-bond donors (Lipinski definition) is 1. The highest BCUT2D eigenvalue weighted by molar-refractivity contribution is 7.15. The van der Waals surface area contributed by atoms with Crippen LogP contribution in [0.1, 0.15) is 28.5 Å². The summed E-state index contributed by atoms with van der Waals surface area (Å²) in [6.07, 6.45) is 0.328. The summed E-state index contributed by atoms with van der Waals surface area (Å²) in [6.45, 7) is 1.86. The van der Waals surface area contributed by atoms with E-state index >= 15 is 0 Å². The third-order valence-electron chi connectivity index (χ3n) is 3.88. The maximum atomic E-state index is 12.5. The first-order valence-corrected chi connectivity index (χ1v) is 8.76. The molecular formula is C19H19N3O2S. The number of carbonyl (C=O) groups is 1. The van der Waals surface area contributed by atoms with Crippen LogP contribution < -0.4 is 10.1 Å². The van der Waals surface area contributed by atoms with Gasteiger partial charge in [0.1, 0.15) is 10.8 Å². The summed E-state index contributed by atoms with van der Waals surface area (Å²) < 4.78 is 5.22. The van der Waals surface area contributed by atoms with Gasteiger partial charge in [0.25, 0.3) is 0 Å². The Morgan fingerprint density at radius 2 is 1.76 bits per heavy atom. The van der Waals surface area contributed by atoms with Crippen molar-refractivity contribution in [3.63, 3.8) is 0 Å². The number of aryl methyl sites for hydroxylation is 1. The largest absolute Gasteiger partial charge is 0.497 e.